The van der Waals surface area contributed by atoms with Crippen molar-refractivity contribution in [3.8, 4) is 0 Å². The Balaban J connectivity index is 1.63. The van der Waals surface area contributed by atoms with Crippen molar-refractivity contribution < 1.29 is 4.79 Å². The average molecular weight is 425 g/mol. The molecule has 1 nitrogen and oxygen atoms in total. The summed E-state index contributed by atoms with van der Waals surface area (Å²) in [4.78, 5) is 13.4. The third-order valence-corrected chi connectivity index (χ3v) is 11.2. The highest BCUT2D eigenvalue weighted by molar-refractivity contribution is 5.97. The molecular weight excluding hydrogens is 376 g/mol. The molecule has 1 unspecified atom stereocenters. The van der Waals surface area contributed by atoms with Crippen LogP contribution >= 0.6 is 0 Å². The molecule has 0 saturated heterocycles. The minimum absolute atomic E-state index is 0.107. The summed E-state index contributed by atoms with van der Waals surface area (Å²) in [6, 6.07) is 0. The molecule has 4 rings (SSSR count). The number of allylic oxidation sites excluding steroid dienone is 4. The van der Waals surface area contributed by atoms with Gasteiger partial charge in [-0.05, 0) is 84.0 Å². The molecular formula is C30H48O. The second-order valence-corrected chi connectivity index (χ2v) is 13.5. The Hall–Kier alpha value is -0.850. The predicted octanol–water partition coefficient (Wildman–Crippen LogP) is 8.40. The van der Waals surface area contributed by atoms with Crippen LogP contribution in [0.2, 0.25) is 0 Å². The van der Waals surface area contributed by atoms with Gasteiger partial charge in [0, 0.05) is 5.41 Å². The molecule has 2 fully saturated rings. The molecule has 1 heteroatoms. The van der Waals surface area contributed by atoms with E-state index in [0.717, 1.165) is 24.2 Å². The number of fused-ring (bicyclic) bond motifs is 5. The first-order valence-electron chi connectivity index (χ1n) is 13.3. The highest BCUT2D eigenvalue weighted by Crippen LogP contribution is 2.72. The summed E-state index contributed by atoms with van der Waals surface area (Å²) < 4.78 is 0. The van der Waals surface area contributed by atoms with Crippen LogP contribution in [0.1, 0.15) is 107 Å². The molecule has 0 N–H and O–H groups in total. The van der Waals surface area contributed by atoms with E-state index in [1.54, 1.807) is 5.57 Å². The molecule has 2 saturated carbocycles. The standard InChI is InChI=1S/C30H48O/c1-20(2)10-9-11-21(3)22-14-18-29(7)23-12-13-25-27(4,5)17-16-26(31)30(25,8)24(23)15-19-28(22,29)6/h12,16-17,20-22,24-25H,9-11,13-15,18-19H2,1-8H3/t21-,22-,24-,25?,28-,29+,30+/m0/s1. The fourth-order valence-corrected chi connectivity index (χ4v) is 9.07. The highest BCUT2D eigenvalue weighted by Gasteiger charge is 2.65. The Morgan fingerprint density at radius 1 is 1.00 bits per heavy atom. The third-order valence-electron chi connectivity index (χ3n) is 11.2. The van der Waals surface area contributed by atoms with Crippen LogP contribution in [-0.4, -0.2) is 5.78 Å². The molecule has 0 radical (unpaired) electrons. The van der Waals surface area contributed by atoms with Gasteiger partial charge in [-0.3, -0.25) is 4.79 Å². The van der Waals surface area contributed by atoms with Crippen LogP contribution < -0.4 is 0 Å². The summed E-state index contributed by atoms with van der Waals surface area (Å²) in [6.45, 7) is 19.5. The van der Waals surface area contributed by atoms with Gasteiger partial charge in [-0.1, -0.05) is 92.4 Å². The lowest BCUT2D eigenvalue weighted by Gasteiger charge is -2.61. The van der Waals surface area contributed by atoms with Gasteiger partial charge in [0.1, 0.15) is 0 Å². The smallest absolute Gasteiger partial charge is 0.162 e. The molecule has 174 valence electrons. The Kier molecular flexibility index (Phi) is 5.71. The third kappa shape index (κ3) is 3.26. The van der Waals surface area contributed by atoms with Crippen LogP contribution in [0.5, 0.6) is 0 Å². The molecule has 0 aromatic rings. The van der Waals surface area contributed by atoms with E-state index in [1.807, 2.05) is 6.08 Å². The number of ketones is 1. The molecule has 31 heavy (non-hydrogen) atoms. The van der Waals surface area contributed by atoms with Crippen molar-refractivity contribution >= 4 is 5.78 Å². The normalized spacial score (nSPS) is 44.5. The number of hydrogen-bond donors (Lipinski definition) is 0. The van der Waals surface area contributed by atoms with Crippen molar-refractivity contribution in [2.75, 3.05) is 0 Å². The lowest BCUT2D eigenvalue weighted by atomic mass is 9.42. The quantitative estimate of drug-likeness (QED) is 0.405. The van der Waals surface area contributed by atoms with Gasteiger partial charge in [-0.15, -0.1) is 0 Å². The first-order chi connectivity index (χ1) is 14.4. The average Bonchev–Trinajstić information content (AvgIpc) is 2.96. The fraction of sp³-hybridized carbons (Fsp3) is 0.833. The number of carbonyl (C=O) groups is 1. The lowest BCUT2D eigenvalue weighted by Crippen LogP contribution is -2.57. The van der Waals surface area contributed by atoms with Crippen LogP contribution in [0.25, 0.3) is 0 Å². The van der Waals surface area contributed by atoms with Gasteiger partial charge in [0.05, 0.1) is 0 Å². The van der Waals surface area contributed by atoms with Gasteiger partial charge in [-0.2, -0.15) is 0 Å². The highest BCUT2D eigenvalue weighted by atomic mass is 16.1. The van der Waals surface area contributed by atoms with E-state index in [1.165, 1.54) is 44.9 Å². The van der Waals surface area contributed by atoms with Crippen molar-refractivity contribution in [3.05, 3.63) is 23.8 Å². The zero-order chi connectivity index (χ0) is 22.8. The van der Waals surface area contributed by atoms with Crippen LogP contribution in [0.4, 0.5) is 0 Å². The van der Waals surface area contributed by atoms with Crippen LogP contribution in [0.15, 0.2) is 23.8 Å². The Labute approximate surface area is 192 Å². The maximum Gasteiger partial charge on any atom is 0.162 e. The zero-order valence-corrected chi connectivity index (χ0v) is 21.7. The topological polar surface area (TPSA) is 17.1 Å². The monoisotopic (exact) mass is 424 g/mol. The Morgan fingerprint density at radius 2 is 1.71 bits per heavy atom. The summed E-state index contributed by atoms with van der Waals surface area (Å²) >= 11 is 0. The van der Waals surface area contributed by atoms with E-state index in [2.05, 4.69) is 67.5 Å². The van der Waals surface area contributed by atoms with Crippen molar-refractivity contribution in [3.63, 3.8) is 0 Å². The van der Waals surface area contributed by atoms with Crippen LogP contribution in [-0.2, 0) is 4.79 Å². The molecule has 0 aromatic carbocycles. The number of rotatable bonds is 5. The molecule has 0 bridgehead atoms. The summed E-state index contributed by atoms with van der Waals surface area (Å²) in [6.07, 6.45) is 17.2. The summed E-state index contributed by atoms with van der Waals surface area (Å²) in [5.41, 5.74) is 2.23. The SMILES string of the molecule is CC(C)CCC[C@H](C)[C@@H]1CC[C@]2(C)C3=CCC4C(C)(C)C=CC(=O)[C@]4(C)[C@H]3CC[C@@]12C. The second kappa shape index (κ2) is 7.59. The fourth-order valence-electron chi connectivity index (χ4n) is 9.07. The van der Waals surface area contributed by atoms with Crippen LogP contribution in [0.3, 0.4) is 0 Å². The molecule has 0 heterocycles. The summed E-state index contributed by atoms with van der Waals surface area (Å²) in [5.74, 6) is 3.74. The van der Waals surface area contributed by atoms with Crippen molar-refractivity contribution in [2.24, 2.45) is 51.2 Å². The van der Waals surface area contributed by atoms with Gasteiger partial charge < -0.3 is 0 Å². The summed E-state index contributed by atoms with van der Waals surface area (Å²) in [5, 5.41) is 0. The Morgan fingerprint density at radius 3 is 2.39 bits per heavy atom. The number of carbonyl (C=O) groups excluding carboxylic acids is 1. The van der Waals surface area contributed by atoms with Crippen molar-refractivity contribution in [1.29, 1.82) is 0 Å². The first-order valence-corrected chi connectivity index (χ1v) is 13.3. The molecule has 7 atom stereocenters. The van der Waals surface area contributed by atoms with Crippen molar-refractivity contribution in [1.82, 2.24) is 0 Å². The maximum absolute atomic E-state index is 13.4. The van der Waals surface area contributed by atoms with E-state index in [-0.39, 0.29) is 16.2 Å². The van der Waals surface area contributed by atoms with E-state index < -0.39 is 0 Å². The van der Waals surface area contributed by atoms with E-state index >= 15 is 0 Å². The maximum atomic E-state index is 13.4. The van der Waals surface area contributed by atoms with Gasteiger partial charge in [-0.25, -0.2) is 0 Å². The first kappa shape index (κ1) is 23.3. The predicted molar refractivity (Wildman–Crippen MR) is 132 cm³/mol. The minimum atomic E-state index is -0.215. The van der Waals surface area contributed by atoms with Gasteiger partial charge in [0.25, 0.3) is 0 Å². The molecule has 0 spiro atoms. The lowest BCUT2D eigenvalue weighted by molar-refractivity contribution is -0.138. The Bertz CT molecular complexity index is 784. The van der Waals surface area contributed by atoms with E-state index in [4.69, 9.17) is 0 Å². The van der Waals surface area contributed by atoms with Gasteiger partial charge in [0.15, 0.2) is 5.78 Å². The van der Waals surface area contributed by atoms with Gasteiger partial charge in [0.2, 0.25) is 0 Å². The number of hydrogen-bond acceptors (Lipinski definition) is 1. The van der Waals surface area contributed by atoms with Crippen molar-refractivity contribution in [2.45, 2.75) is 107 Å². The molecule has 0 amide bonds. The van der Waals surface area contributed by atoms with E-state index in [0.29, 0.717) is 23.0 Å². The largest absolute Gasteiger partial charge is 0.294 e. The molecule has 0 aliphatic heterocycles. The van der Waals surface area contributed by atoms with E-state index in [9.17, 15) is 4.79 Å². The van der Waals surface area contributed by atoms with Gasteiger partial charge >= 0.3 is 0 Å². The molecule has 4 aliphatic rings. The molecule has 4 aliphatic carbocycles. The second-order valence-electron chi connectivity index (χ2n) is 13.5. The minimum Gasteiger partial charge on any atom is -0.294 e. The molecule has 0 aromatic heterocycles. The summed E-state index contributed by atoms with van der Waals surface area (Å²) in [7, 11) is 0. The zero-order valence-electron chi connectivity index (χ0n) is 21.7. The van der Waals surface area contributed by atoms with Crippen LogP contribution in [0, 0.1) is 51.2 Å².